The van der Waals surface area contributed by atoms with Crippen LogP contribution >= 0.6 is 0 Å². The zero-order valence-corrected chi connectivity index (χ0v) is 14.7. The van der Waals surface area contributed by atoms with Gasteiger partial charge in [0.1, 0.15) is 0 Å². The zero-order valence-electron chi connectivity index (χ0n) is 14.7. The summed E-state index contributed by atoms with van der Waals surface area (Å²) < 4.78 is 11.2. The third-order valence-electron chi connectivity index (χ3n) is 5.81. The van der Waals surface area contributed by atoms with Crippen LogP contribution in [0.1, 0.15) is 44.9 Å². The van der Waals surface area contributed by atoms with Gasteiger partial charge in [-0.2, -0.15) is 0 Å². The third-order valence-corrected chi connectivity index (χ3v) is 5.81. The molecule has 0 atom stereocenters. The lowest BCUT2D eigenvalue weighted by Gasteiger charge is -2.38. The Balaban J connectivity index is 1.26. The van der Waals surface area contributed by atoms with E-state index in [1.165, 1.54) is 38.8 Å². The van der Waals surface area contributed by atoms with Gasteiger partial charge in [0.25, 0.3) is 0 Å². The van der Waals surface area contributed by atoms with Crippen molar-refractivity contribution < 1.29 is 9.47 Å². The summed E-state index contributed by atoms with van der Waals surface area (Å²) in [5.74, 6) is 1.78. The number of hydrogen-bond donors (Lipinski definition) is 1. The molecule has 132 valence electrons. The summed E-state index contributed by atoms with van der Waals surface area (Å²) in [6.07, 6.45) is 8.96. The minimum absolute atomic E-state index is 0.629. The molecule has 23 heavy (non-hydrogen) atoms. The number of likely N-dealkylation sites (tertiary alicyclic amines) is 1. The second kappa shape index (κ2) is 8.34. The van der Waals surface area contributed by atoms with Gasteiger partial charge in [-0.3, -0.25) is 4.99 Å². The predicted molar refractivity (Wildman–Crippen MR) is 92.8 cm³/mol. The van der Waals surface area contributed by atoms with E-state index in [1.807, 2.05) is 7.05 Å². The van der Waals surface area contributed by atoms with Crippen LogP contribution in [-0.2, 0) is 9.47 Å². The maximum Gasteiger partial charge on any atom is 0.193 e. The molecule has 0 radical (unpaired) electrons. The molecule has 0 bridgehead atoms. The highest BCUT2D eigenvalue weighted by Gasteiger charge is 2.43. The minimum Gasteiger partial charge on any atom is -0.381 e. The third kappa shape index (κ3) is 4.60. The van der Waals surface area contributed by atoms with Crippen LogP contribution in [0.25, 0.3) is 0 Å². The quantitative estimate of drug-likeness (QED) is 0.463. The summed E-state index contributed by atoms with van der Waals surface area (Å²) in [6.45, 7) is 6.86. The number of nitrogens with zero attached hydrogens (tertiary/aromatic N) is 2. The van der Waals surface area contributed by atoms with Gasteiger partial charge >= 0.3 is 0 Å². The van der Waals surface area contributed by atoms with Crippen LogP contribution in [-0.4, -0.2) is 64.0 Å². The van der Waals surface area contributed by atoms with E-state index in [1.54, 1.807) is 0 Å². The van der Waals surface area contributed by atoms with Gasteiger partial charge in [-0.15, -0.1) is 0 Å². The van der Waals surface area contributed by atoms with Crippen molar-refractivity contribution in [1.29, 1.82) is 0 Å². The molecule has 1 spiro atoms. The van der Waals surface area contributed by atoms with Crippen LogP contribution in [0.3, 0.4) is 0 Å². The van der Waals surface area contributed by atoms with Crippen molar-refractivity contribution in [1.82, 2.24) is 10.2 Å². The van der Waals surface area contributed by atoms with E-state index in [-0.39, 0.29) is 0 Å². The Bertz CT molecular complexity index is 390. The number of guanidine groups is 1. The molecule has 3 fully saturated rings. The molecule has 5 nitrogen and oxygen atoms in total. The molecule has 5 heteroatoms. The Morgan fingerprint density at radius 3 is 2.78 bits per heavy atom. The number of ether oxygens (including phenoxy) is 2. The first kappa shape index (κ1) is 17.0. The van der Waals surface area contributed by atoms with Crippen molar-refractivity contribution in [3.8, 4) is 0 Å². The highest BCUT2D eigenvalue weighted by molar-refractivity contribution is 5.80. The van der Waals surface area contributed by atoms with Crippen LogP contribution in [0.2, 0.25) is 0 Å². The summed E-state index contributed by atoms with van der Waals surface area (Å²) in [7, 11) is 1.90. The lowest BCUT2D eigenvalue weighted by Crippen LogP contribution is -2.43. The van der Waals surface area contributed by atoms with Gasteiger partial charge < -0.3 is 19.7 Å². The van der Waals surface area contributed by atoms with Gasteiger partial charge in [-0.05, 0) is 49.9 Å². The molecule has 0 aromatic carbocycles. The highest BCUT2D eigenvalue weighted by Crippen LogP contribution is 2.47. The summed E-state index contributed by atoms with van der Waals surface area (Å²) >= 11 is 0. The molecular formula is C18H33N3O2. The Morgan fingerprint density at radius 2 is 2.13 bits per heavy atom. The monoisotopic (exact) mass is 323 g/mol. The van der Waals surface area contributed by atoms with Crippen LogP contribution in [0.4, 0.5) is 0 Å². The van der Waals surface area contributed by atoms with Gasteiger partial charge in [0.2, 0.25) is 0 Å². The molecule has 1 saturated carbocycles. The molecule has 2 heterocycles. The first-order chi connectivity index (χ1) is 11.3. The van der Waals surface area contributed by atoms with E-state index in [0.29, 0.717) is 11.3 Å². The standard InChI is InChI=1S/C18H33N3O2/c1-19-17(21-10-8-18(15-21)6-2-7-18)20-9-3-11-23-14-16-4-12-22-13-5-16/h16H,2-15H2,1H3,(H,19,20). The lowest BCUT2D eigenvalue weighted by atomic mass is 9.68. The van der Waals surface area contributed by atoms with Crippen molar-refractivity contribution in [3.63, 3.8) is 0 Å². The fourth-order valence-corrected chi connectivity index (χ4v) is 4.07. The summed E-state index contributed by atoms with van der Waals surface area (Å²) in [5.41, 5.74) is 0.629. The maximum atomic E-state index is 5.82. The van der Waals surface area contributed by atoms with Gasteiger partial charge in [0.15, 0.2) is 5.96 Å². The van der Waals surface area contributed by atoms with Crippen molar-refractivity contribution in [3.05, 3.63) is 0 Å². The van der Waals surface area contributed by atoms with Gasteiger partial charge in [0, 0.05) is 53.1 Å². The number of rotatable bonds is 6. The average Bonchev–Trinajstić information content (AvgIpc) is 3.01. The smallest absolute Gasteiger partial charge is 0.193 e. The second-order valence-corrected chi connectivity index (χ2v) is 7.48. The molecular weight excluding hydrogens is 290 g/mol. The SMILES string of the molecule is CN=C(NCCCOCC1CCOCC1)N1CCC2(CCC2)C1. The summed E-state index contributed by atoms with van der Waals surface area (Å²) in [5, 5.41) is 3.51. The van der Waals surface area contributed by atoms with Crippen LogP contribution < -0.4 is 5.32 Å². The fraction of sp³-hybridized carbons (Fsp3) is 0.944. The highest BCUT2D eigenvalue weighted by atomic mass is 16.5. The Kier molecular flexibility index (Phi) is 6.17. The molecule has 0 amide bonds. The molecule has 0 aromatic heterocycles. The van der Waals surface area contributed by atoms with Crippen molar-refractivity contribution in [2.24, 2.45) is 16.3 Å². The van der Waals surface area contributed by atoms with E-state index in [4.69, 9.17) is 9.47 Å². The number of aliphatic imine (C=N–C) groups is 1. The second-order valence-electron chi connectivity index (χ2n) is 7.48. The number of hydrogen-bond acceptors (Lipinski definition) is 3. The normalized spacial score (nSPS) is 24.9. The summed E-state index contributed by atoms with van der Waals surface area (Å²) in [4.78, 5) is 6.91. The van der Waals surface area contributed by atoms with E-state index >= 15 is 0 Å². The summed E-state index contributed by atoms with van der Waals surface area (Å²) in [6, 6.07) is 0. The molecule has 0 aromatic rings. The fourth-order valence-electron chi connectivity index (χ4n) is 4.07. The van der Waals surface area contributed by atoms with E-state index in [2.05, 4.69) is 15.2 Å². The molecule has 2 saturated heterocycles. The van der Waals surface area contributed by atoms with E-state index in [9.17, 15) is 0 Å². The average molecular weight is 323 g/mol. The van der Waals surface area contributed by atoms with Crippen molar-refractivity contribution in [2.75, 3.05) is 53.1 Å². The predicted octanol–water partition coefficient (Wildman–Crippen LogP) is 2.27. The first-order valence-electron chi connectivity index (χ1n) is 9.42. The lowest BCUT2D eigenvalue weighted by molar-refractivity contribution is 0.0203. The first-order valence-corrected chi connectivity index (χ1v) is 9.42. The van der Waals surface area contributed by atoms with Gasteiger partial charge in [-0.25, -0.2) is 0 Å². The molecule has 3 rings (SSSR count). The molecule has 0 unspecified atom stereocenters. The number of nitrogens with one attached hydrogen (secondary N) is 1. The van der Waals surface area contributed by atoms with E-state index < -0.39 is 0 Å². The Morgan fingerprint density at radius 1 is 1.30 bits per heavy atom. The van der Waals surface area contributed by atoms with Gasteiger partial charge in [0.05, 0.1) is 0 Å². The zero-order chi connectivity index (χ0) is 16.0. The van der Waals surface area contributed by atoms with Crippen molar-refractivity contribution in [2.45, 2.75) is 44.9 Å². The Hall–Kier alpha value is -0.810. The molecule has 2 aliphatic heterocycles. The van der Waals surface area contributed by atoms with Crippen LogP contribution in [0, 0.1) is 11.3 Å². The largest absolute Gasteiger partial charge is 0.381 e. The molecule has 1 aliphatic carbocycles. The molecule has 3 aliphatic rings. The van der Waals surface area contributed by atoms with Crippen LogP contribution in [0.15, 0.2) is 4.99 Å². The topological polar surface area (TPSA) is 46.1 Å². The van der Waals surface area contributed by atoms with Crippen molar-refractivity contribution >= 4 is 5.96 Å². The molecule has 1 N–H and O–H groups in total. The minimum atomic E-state index is 0.629. The maximum absolute atomic E-state index is 5.82. The van der Waals surface area contributed by atoms with Crippen LogP contribution in [0.5, 0.6) is 0 Å². The van der Waals surface area contributed by atoms with E-state index in [0.717, 1.165) is 58.2 Å². The van der Waals surface area contributed by atoms with Gasteiger partial charge in [-0.1, -0.05) is 6.42 Å². The Labute approximate surface area is 140 Å².